The van der Waals surface area contributed by atoms with Gasteiger partial charge >= 0.3 is 0 Å². The highest BCUT2D eigenvalue weighted by Gasteiger charge is 2.54. The quantitative estimate of drug-likeness (QED) is 0.482. The Labute approximate surface area is 105 Å². The van der Waals surface area contributed by atoms with Crippen LogP contribution in [0.1, 0.15) is 17.9 Å². The minimum atomic E-state index is -0.999. The van der Waals surface area contributed by atoms with E-state index in [2.05, 4.69) is 0 Å². The van der Waals surface area contributed by atoms with E-state index in [9.17, 15) is 20.2 Å². The number of alkyl halides is 2. The Morgan fingerprint density at radius 3 is 2.24 bits per heavy atom. The summed E-state index contributed by atoms with van der Waals surface area (Å²) < 4.78 is -0.999. The van der Waals surface area contributed by atoms with Crippen molar-refractivity contribution in [2.24, 2.45) is 0 Å². The van der Waals surface area contributed by atoms with Crippen molar-refractivity contribution >= 4 is 34.6 Å². The van der Waals surface area contributed by atoms with Gasteiger partial charge in [-0.25, -0.2) is 0 Å². The summed E-state index contributed by atoms with van der Waals surface area (Å²) in [6.07, 6.45) is 0.411. The monoisotopic (exact) mass is 276 g/mol. The molecule has 0 saturated heterocycles. The number of non-ortho nitro benzene ring substituents is 1. The molecule has 1 atom stereocenters. The molecule has 90 valence electrons. The predicted molar refractivity (Wildman–Crippen MR) is 61.5 cm³/mol. The van der Waals surface area contributed by atoms with Crippen molar-refractivity contribution in [1.82, 2.24) is 0 Å². The molecule has 1 fully saturated rings. The number of hydrogen-bond acceptors (Lipinski definition) is 4. The lowest BCUT2D eigenvalue weighted by Crippen LogP contribution is -1.99. The molecule has 17 heavy (non-hydrogen) atoms. The summed E-state index contributed by atoms with van der Waals surface area (Å²) in [5.41, 5.74) is -0.297. The lowest BCUT2D eigenvalue weighted by Gasteiger charge is -2.02. The van der Waals surface area contributed by atoms with Gasteiger partial charge in [0.25, 0.3) is 11.4 Å². The van der Waals surface area contributed by atoms with Gasteiger partial charge in [0.15, 0.2) is 0 Å². The highest BCUT2D eigenvalue weighted by Crippen LogP contribution is 2.61. The van der Waals surface area contributed by atoms with Crippen LogP contribution in [0.5, 0.6) is 0 Å². The zero-order chi connectivity index (χ0) is 12.8. The van der Waals surface area contributed by atoms with Gasteiger partial charge in [0.1, 0.15) is 4.33 Å². The highest BCUT2D eigenvalue weighted by molar-refractivity contribution is 6.51. The molecule has 6 nitrogen and oxygen atoms in total. The third-order valence-corrected chi connectivity index (χ3v) is 3.46. The molecule has 1 aliphatic rings. The fourth-order valence-corrected chi connectivity index (χ4v) is 2.19. The van der Waals surface area contributed by atoms with E-state index in [1.165, 1.54) is 12.1 Å². The summed E-state index contributed by atoms with van der Waals surface area (Å²) in [5, 5.41) is 21.4. The zero-order valence-electron chi connectivity index (χ0n) is 8.30. The number of benzene rings is 1. The standard InChI is InChI=1S/C9H6Cl2N2O4/c10-9(11)4-7(9)6-2-1-5(12(14)15)3-8(6)13(16)17/h1-3,7H,4H2. The van der Waals surface area contributed by atoms with Gasteiger partial charge in [0.2, 0.25) is 0 Å². The van der Waals surface area contributed by atoms with Gasteiger partial charge in [-0.3, -0.25) is 20.2 Å². The summed E-state index contributed by atoms with van der Waals surface area (Å²) >= 11 is 11.7. The Balaban J connectivity index is 2.46. The van der Waals surface area contributed by atoms with E-state index in [1.54, 1.807) is 0 Å². The third kappa shape index (κ3) is 2.18. The van der Waals surface area contributed by atoms with Crippen LogP contribution in [0, 0.1) is 20.2 Å². The first-order valence-electron chi connectivity index (χ1n) is 4.63. The molecule has 0 amide bonds. The average Bonchev–Trinajstić information content (AvgIpc) is 2.86. The van der Waals surface area contributed by atoms with Gasteiger partial charge in [-0.1, -0.05) is 0 Å². The van der Waals surface area contributed by atoms with Gasteiger partial charge in [-0.2, -0.15) is 0 Å². The van der Waals surface area contributed by atoms with Crippen LogP contribution in [0.25, 0.3) is 0 Å². The van der Waals surface area contributed by atoms with E-state index >= 15 is 0 Å². The van der Waals surface area contributed by atoms with E-state index in [0.29, 0.717) is 12.0 Å². The van der Waals surface area contributed by atoms with Crippen LogP contribution in [0.15, 0.2) is 18.2 Å². The molecule has 1 saturated carbocycles. The molecule has 1 aromatic carbocycles. The molecular formula is C9H6Cl2N2O4. The maximum absolute atomic E-state index is 10.8. The zero-order valence-corrected chi connectivity index (χ0v) is 9.81. The van der Waals surface area contributed by atoms with Gasteiger partial charge in [0.05, 0.1) is 15.9 Å². The van der Waals surface area contributed by atoms with Crippen LogP contribution >= 0.6 is 23.2 Å². The smallest absolute Gasteiger partial charge is 0.258 e. The van der Waals surface area contributed by atoms with Crippen molar-refractivity contribution < 1.29 is 9.85 Å². The second-order valence-electron chi connectivity index (χ2n) is 3.78. The Morgan fingerprint density at radius 2 is 1.82 bits per heavy atom. The van der Waals surface area contributed by atoms with Crippen LogP contribution < -0.4 is 0 Å². The molecule has 0 heterocycles. The van der Waals surface area contributed by atoms with Crippen molar-refractivity contribution in [2.45, 2.75) is 16.7 Å². The molecule has 0 aliphatic heterocycles. The van der Waals surface area contributed by atoms with E-state index < -0.39 is 14.2 Å². The summed E-state index contributed by atoms with van der Waals surface area (Å²) in [6.45, 7) is 0. The van der Waals surface area contributed by atoms with Crippen molar-refractivity contribution in [2.75, 3.05) is 0 Å². The molecule has 0 N–H and O–H groups in total. The first-order chi connectivity index (χ1) is 7.83. The van der Waals surface area contributed by atoms with E-state index in [0.717, 1.165) is 6.07 Å². The first-order valence-corrected chi connectivity index (χ1v) is 5.39. The molecule has 0 spiro atoms. The predicted octanol–water partition coefficient (Wildman–Crippen LogP) is 3.16. The maximum Gasteiger partial charge on any atom is 0.279 e. The fraction of sp³-hybridized carbons (Fsp3) is 0.333. The second-order valence-corrected chi connectivity index (χ2v) is 5.32. The van der Waals surface area contributed by atoms with Crippen molar-refractivity contribution in [3.63, 3.8) is 0 Å². The van der Waals surface area contributed by atoms with Crippen LogP contribution in [-0.4, -0.2) is 14.2 Å². The number of nitro benzene ring substituents is 2. The molecule has 0 radical (unpaired) electrons. The minimum Gasteiger partial charge on any atom is -0.258 e. The lowest BCUT2D eigenvalue weighted by atomic mass is 10.1. The van der Waals surface area contributed by atoms with Crippen molar-refractivity contribution in [3.8, 4) is 0 Å². The van der Waals surface area contributed by atoms with Crippen molar-refractivity contribution in [3.05, 3.63) is 44.0 Å². The van der Waals surface area contributed by atoms with Gasteiger partial charge in [-0.05, 0) is 12.5 Å². The number of hydrogen-bond donors (Lipinski definition) is 0. The van der Waals surface area contributed by atoms with Crippen molar-refractivity contribution in [1.29, 1.82) is 0 Å². The normalized spacial score (nSPS) is 20.9. The molecule has 1 aromatic rings. The Hall–Kier alpha value is -1.40. The number of nitrogens with zero attached hydrogens (tertiary/aromatic N) is 2. The van der Waals surface area contributed by atoms with E-state index in [4.69, 9.17) is 23.2 Å². The summed E-state index contributed by atoms with van der Waals surface area (Å²) in [4.78, 5) is 20.0. The first kappa shape index (κ1) is 12.1. The molecule has 0 bridgehead atoms. The molecule has 2 rings (SSSR count). The maximum atomic E-state index is 10.8. The van der Waals surface area contributed by atoms with Crippen LogP contribution in [0.3, 0.4) is 0 Å². The summed E-state index contributed by atoms with van der Waals surface area (Å²) in [5.74, 6) is -0.341. The van der Waals surface area contributed by atoms with Crippen LogP contribution in [0.2, 0.25) is 0 Å². The summed E-state index contributed by atoms with van der Waals surface area (Å²) in [7, 11) is 0. The number of halogens is 2. The topological polar surface area (TPSA) is 86.3 Å². The van der Waals surface area contributed by atoms with Gasteiger partial charge in [-0.15, -0.1) is 23.2 Å². The fourth-order valence-electron chi connectivity index (χ4n) is 1.65. The Bertz CT molecular complexity index is 518. The lowest BCUT2D eigenvalue weighted by molar-refractivity contribution is -0.394. The largest absolute Gasteiger partial charge is 0.279 e. The second kappa shape index (κ2) is 3.82. The SMILES string of the molecule is O=[N+]([O-])c1ccc(C2CC2(Cl)Cl)c([N+](=O)[O-])c1. The molecule has 0 aromatic heterocycles. The third-order valence-electron chi connectivity index (χ3n) is 2.62. The van der Waals surface area contributed by atoms with E-state index in [1.807, 2.05) is 0 Å². The highest BCUT2D eigenvalue weighted by atomic mass is 35.5. The number of nitro groups is 2. The molecule has 1 aliphatic carbocycles. The molecule has 1 unspecified atom stereocenters. The minimum absolute atomic E-state index is 0.313. The van der Waals surface area contributed by atoms with Crippen LogP contribution in [-0.2, 0) is 0 Å². The molecular weight excluding hydrogens is 271 g/mol. The Morgan fingerprint density at radius 1 is 1.24 bits per heavy atom. The van der Waals surface area contributed by atoms with Gasteiger partial charge in [0, 0.05) is 17.5 Å². The van der Waals surface area contributed by atoms with E-state index in [-0.39, 0.29) is 17.3 Å². The average molecular weight is 277 g/mol. The van der Waals surface area contributed by atoms with Gasteiger partial charge < -0.3 is 0 Å². The summed E-state index contributed by atoms with van der Waals surface area (Å²) in [6, 6.07) is 3.48. The Kier molecular flexibility index (Phi) is 2.71. The molecule has 8 heteroatoms. The van der Waals surface area contributed by atoms with Crippen LogP contribution in [0.4, 0.5) is 11.4 Å². The number of rotatable bonds is 3.